The minimum Gasteiger partial charge on any atom is -0.464 e. The molecule has 1 aliphatic rings. The predicted molar refractivity (Wildman–Crippen MR) is 62.6 cm³/mol. The van der Waals surface area contributed by atoms with E-state index in [0.29, 0.717) is 32.4 Å². The minimum atomic E-state index is -0.423. The van der Waals surface area contributed by atoms with Gasteiger partial charge >= 0.3 is 6.09 Å². The third-order valence-corrected chi connectivity index (χ3v) is 3.16. The van der Waals surface area contributed by atoms with Gasteiger partial charge in [-0.2, -0.15) is 0 Å². The van der Waals surface area contributed by atoms with Crippen LogP contribution in [-0.2, 0) is 14.3 Å². The number of likely N-dealkylation sites (tertiary alicyclic amines) is 1. The highest BCUT2D eigenvalue weighted by Crippen LogP contribution is 2.19. The Labute approximate surface area is 102 Å². The first kappa shape index (κ1) is 13.8. The highest BCUT2D eigenvalue weighted by molar-refractivity contribution is 5.68. The lowest BCUT2D eigenvalue weighted by molar-refractivity contribution is -0.135. The molecule has 0 bridgehead atoms. The molecular formula is C12H21NO4. The van der Waals surface area contributed by atoms with Crippen molar-refractivity contribution in [3.05, 3.63) is 0 Å². The standard InChI is InChI=1S/C12H21NO4/c1-4-12(2,3)17-11(15)13-7-5-10(6-8-13)16-9-14/h9-10H,4-8H2,1-3H3. The van der Waals surface area contributed by atoms with E-state index in [1.165, 1.54) is 0 Å². The van der Waals surface area contributed by atoms with Gasteiger partial charge in [-0.1, -0.05) is 6.92 Å². The van der Waals surface area contributed by atoms with Crippen LogP contribution in [0.15, 0.2) is 0 Å². The molecule has 98 valence electrons. The number of hydrogen-bond donors (Lipinski definition) is 0. The molecule has 5 nitrogen and oxygen atoms in total. The lowest BCUT2D eigenvalue weighted by Crippen LogP contribution is -2.43. The lowest BCUT2D eigenvalue weighted by atomic mass is 10.1. The molecule has 0 spiro atoms. The third-order valence-electron chi connectivity index (χ3n) is 3.16. The van der Waals surface area contributed by atoms with E-state index in [1.807, 2.05) is 20.8 Å². The highest BCUT2D eigenvalue weighted by Gasteiger charge is 2.28. The Morgan fingerprint density at radius 1 is 1.41 bits per heavy atom. The second-order valence-corrected chi connectivity index (χ2v) is 4.90. The Morgan fingerprint density at radius 3 is 2.47 bits per heavy atom. The molecule has 0 N–H and O–H groups in total. The van der Waals surface area contributed by atoms with Crippen LogP contribution in [0.5, 0.6) is 0 Å². The SMILES string of the molecule is CCC(C)(C)OC(=O)N1CCC(OC=O)CC1. The summed E-state index contributed by atoms with van der Waals surface area (Å²) in [6, 6.07) is 0. The summed E-state index contributed by atoms with van der Waals surface area (Å²) in [5.74, 6) is 0. The Hall–Kier alpha value is -1.26. The Kier molecular flexibility index (Phi) is 4.78. The van der Waals surface area contributed by atoms with Crippen molar-refractivity contribution in [2.24, 2.45) is 0 Å². The number of hydrogen-bond acceptors (Lipinski definition) is 4. The second kappa shape index (κ2) is 5.89. The third kappa shape index (κ3) is 4.24. The van der Waals surface area contributed by atoms with Crippen molar-refractivity contribution < 1.29 is 19.1 Å². The maximum Gasteiger partial charge on any atom is 0.410 e. The van der Waals surface area contributed by atoms with Gasteiger partial charge in [0.1, 0.15) is 11.7 Å². The molecule has 1 aliphatic heterocycles. The van der Waals surface area contributed by atoms with E-state index >= 15 is 0 Å². The molecule has 0 aromatic carbocycles. The molecule has 0 aromatic heterocycles. The number of piperidine rings is 1. The van der Waals surface area contributed by atoms with Crippen LogP contribution in [0.3, 0.4) is 0 Å². The molecule has 0 saturated carbocycles. The summed E-state index contributed by atoms with van der Waals surface area (Å²) in [6.45, 7) is 7.41. The number of rotatable bonds is 4. The fraction of sp³-hybridized carbons (Fsp3) is 0.833. The molecular weight excluding hydrogens is 222 g/mol. The van der Waals surface area contributed by atoms with Crippen molar-refractivity contribution in [2.75, 3.05) is 13.1 Å². The van der Waals surface area contributed by atoms with Gasteiger partial charge in [0, 0.05) is 25.9 Å². The van der Waals surface area contributed by atoms with E-state index < -0.39 is 5.60 Å². The first-order chi connectivity index (χ1) is 7.98. The zero-order chi connectivity index (χ0) is 12.9. The fourth-order valence-corrected chi connectivity index (χ4v) is 1.63. The van der Waals surface area contributed by atoms with Crippen LogP contribution < -0.4 is 0 Å². The van der Waals surface area contributed by atoms with Crippen LogP contribution in [0.4, 0.5) is 4.79 Å². The van der Waals surface area contributed by atoms with Gasteiger partial charge < -0.3 is 14.4 Å². The van der Waals surface area contributed by atoms with Gasteiger partial charge in [-0.3, -0.25) is 4.79 Å². The predicted octanol–water partition coefficient (Wildman–Crippen LogP) is 1.95. The summed E-state index contributed by atoms with van der Waals surface area (Å²) in [6.07, 6.45) is 1.81. The van der Waals surface area contributed by atoms with Crippen molar-refractivity contribution in [1.29, 1.82) is 0 Å². The second-order valence-electron chi connectivity index (χ2n) is 4.90. The Balaban J connectivity index is 2.38. The zero-order valence-electron chi connectivity index (χ0n) is 10.8. The first-order valence-electron chi connectivity index (χ1n) is 6.05. The number of ether oxygens (including phenoxy) is 2. The molecule has 17 heavy (non-hydrogen) atoms. The molecule has 0 unspecified atom stereocenters. The summed E-state index contributed by atoms with van der Waals surface area (Å²) < 4.78 is 10.3. The van der Waals surface area contributed by atoms with Gasteiger partial charge in [0.05, 0.1) is 0 Å². The average molecular weight is 243 g/mol. The molecule has 0 radical (unpaired) electrons. The largest absolute Gasteiger partial charge is 0.464 e. The van der Waals surface area contributed by atoms with Gasteiger partial charge in [-0.15, -0.1) is 0 Å². The van der Waals surface area contributed by atoms with Crippen LogP contribution >= 0.6 is 0 Å². The van der Waals surface area contributed by atoms with Crippen LogP contribution in [0, 0.1) is 0 Å². The van der Waals surface area contributed by atoms with E-state index in [0.717, 1.165) is 6.42 Å². The van der Waals surface area contributed by atoms with Gasteiger partial charge in [0.2, 0.25) is 0 Å². The monoisotopic (exact) mass is 243 g/mol. The zero-order valence-corrected chi connectivity index (χ0v) is 10.8. The van der Waals surface area contributed by atoms with Crippen LogP contribution in [0.1, 0.15) is 40.0 Å². The summed E-state index contributed by atoms with van der Waals surface area (Å²) in [7, 11) is 0. The lowest BCUT2D eigenvalue weighted by Gasteiger charge is -2.33. The van der Waals surface area contributed by atoms with Crippen LogP contribution in [0.25, 0.3) is 0 Å². The van der Waals surface area contributed by atoms with Crippen molar-refractivity contribution in [3.8, 4) is 0 Å². The van der Waals surface area contributed by atoms with E-state index in [2.05, 4.69) is 0 Å². The first-order valence-corrected chi connectivity index (χ1v) is 6.05. The maximum absolute atomic E-state index is 11.8. The molecule has 1 rings (SSSR count). The molecule has 1 heterocycles. The molecule has 1 saturated heterocycles. The van der Waals surface area contributed by atoms with Crippen molar-refractivity contribution in [3.63, 3.8) is 0 Å². The molecule has 1 fully saturated rings. The van der Waals surface area contributed by atoms with Crippen molar-refractivity contribution in [2.45, 2.75) is 51.7 Å². The summed E-state index contributed by atoms with van der Waals surface area (Å²) in [5.41, 5.74) is -0.423. The molecule has 0 aromatic rings. The molecule has 0 aliphatic carbocycles. The maximum atomic E-state index is 11.8. The number of carbonyl (C=O) groups is 2. The van der Waals surface area contributed by atoms with E-state index in [9.17, 15) is 9.59 Å². The smallest absolute Gasteiger partial charge is 0.410 e. The summed E-state index contributed by atoms with van der Waals surface area (Å²) in [5, 5.41) is 0. The molecule has 1 amide bonds. The van der Waals surface area contributed by atoms with Gasteiger partial charge in [-0.25, -0.2) is 4.79 Å². The summed E-state index contributed by atoms with van der Waals surface area (Å²) in [4.78, 5) is 23.7. The molecule has 5 heteroatoms. The average Bonchev–Trinajstić information content (AvgIpc) is 2.30. The Morgan fingerprint density at radius 2 is 2.00 bits per heavy atom. The number of amides is 1. The number of nitrogens with zero attached hydrogens (tertiary/aromatic N) is 1. The van der Waals surface area contributed by atoms with Crippen molar-refractivity contribution in [1.82, 2.24) is 4.90 Å². The normalized spacial score (nSPS) is 17.7. The van der Waals surface area contributed by atoms with E-state index in [-0.39, 0.29) is 12.2 Å². The highest BCUT2D eigenvalue weighted by atomic mass is 16.6. The van der Waals surface area contributed by atoms with Crippen LogP contribution in [-0.4, -0.2) is 42.3 Å². The number of carbonyl (C=O) groups excluding carboxylic acids is 2. The van der Waals surface area contributed by atoms with Crippen molar-refractivity contribution >= 4 is 12.6 Å². The topological polar surface area (TPSA) is 55.8 Å². The quantitative estimate of drug-likeness (QED) is 0.708. The Bertz CT molecular complexity index is 270. The van der Waals surface area contributed by atoms with Gasteiger partial charge in [0.25, 0.3) is 6.47 Å². The molecule has 0 atom stereocenters. The summed E-state index contributed by atoms with van der Waals surface area (Å²) >= 11 is 0. The van der Waals surface area contributed by atoms with E-state index in [1.54, 1.807) is 4.90 Å². The minimum absolute atomic E-state index is 0.0595. The van der Waals surface area contributed by atoms with E-state index in [4.69, 9.17) is 9.47 Å². The van der Waals surface area contributed by atoms with Gasteiger partial charge in [0.15, 0.2) is 0 Å². The fourth-order valence-electron chi connectivity index (χ4n) is 1.63. The van der Waals surface area contributed by atoms with Gasteiger partial charge in [-0.05, 0) is 20.3 Å². The van der Waals surface area contributed by atoms with Crippen LogP contribution in [0.2, 0.25) is 0 Å².